The molecular weight excluding hydrogens is 749 g/mol. The Bertz CT molecular complexity index is 3190. The molecule has 2 aliphatic rings. The molecule has 1 spiro atoms. The van der Waals surface area contributed by atoms with Crippen molar-refractivity contribution in [2.45, 2.75) is 15.2 Å². The lowest BCUT2D eigenvalue weighted by atomic mass is 9.66. The van der Waals surface area contributed by atoms with Crippen LogP contribution in [0.15, 0.2) is 216 Å². The molecule has 8 aromatic carbocycles. The fourth-order valence-electron chi connectivity index (χ4n) is 9.53. The van der Waals surface area contributed by atoms with Gasteiger partial charge in [0.25, 0.3) is 0 Å². The number of rotatable bonds is 5. The normalized spacial score (nSPS) is 13.1. The molecule has 1 aliphatic heterocycles. The van der Waals surface area contributed by atoms with Gasteiger partial charge in [-0.15, -0.1) is 0 Å². The Hall–Kier alpha value is -7.47. The topological polar surface area (TPSA) is 51.6 Å². The number of fused-ring (bicyclic) bond motifs is 10. The van der Waals surface area contributed by atoms with Crippen LogP contribution in [0.4, 0.5) is 0 Å². The molecule has 280 valence electrons. The Morgan fingerprint density at radius 1 is 0.317 bits per heavy atom. The van der Waals surface area contributed by atoms with Crippen LogP contribution < -0.4 is 0 Å². The summed E-state index contributed by atoms with van der Waals surface area (Å²) < 4.78 is 0. The summed E-state index contributed by atoms with van der Waals surface area (Å²) in [7, 11) is 0. The van der Waals surface area contributed by atoms with E-state index in [1.165, 1.54) is 49.4 Å². The minimum Gasteiger partial charge on any atom is -0.256 e. The first kappa shape index (κ1) is 34.6. The summed E-state index contributed by atoms with van der Waals surface area (Å²) >= 11 is 1.82. The van der Waals surface area contributed by atoms with E-state index in [1.807, 2.05) is 54.4 Å². The summed E-state index contributed by atoms with van der Waals surface area (Å²) in [6.07, 6.45) is 1.95. The van der Waals surface area contributed by atoms with Crippen molar-refractivity contribution in [3.05, 3.63) is 229 Å². The van der Waals surface area contributed by atoms with E-state index in [4.69, 9.17) is 19.9 Å². The van der Waals surface area contributed by atoms with Crippen LogP contribution in [0.25, 0.3) is 78.4 Å². The molecule has 0 atom stereocenters. The number of hydrogen-bond acceptors (Lipinski definition) is 5. The summed E-state index contributed by atoms with van der Waals surface area (Å²) in [5.41, 5.74) is 15.3. The SMILES string of the molecule is c1ccc(-c2nc(-c3ccccc3)nc(-c3cccc4c3Sc3c(-c5cccc6c(-c7ccccc7)ccnc56)cccc3C43c4ccccc4-c4ccccc43)n2)cc1. The average molecular weight is 783 g/mol. The van der Waals surface area contributed by atoms with Crippen LogP contribution in [0.3, 0.4) is 0 Å². The summed E-state index contributed by atoms with van der Waals surface area (Å²) in [5.74, 6) is 1.92. The fraction of sp³-hybridized carbons (Fsp3) is 0.0182. The number of nitrogens with zero attached hydrogens (tertiary/aromatic N) is 4. The summed E-state index contributed by atoms with van der Waals surface area (Å²) in [5, 5.41) is 1.12. The monoisotopic (exact) mass is 782 g/mol. The molecule has 0 radical (unpaired) electrons. The molecule has 0 bridgehead atoms. The van der Waals surface area contributed by atoms with Crippen molar-refractivity contribution in [2.24, 2.45) is 0 Å². The van der Waals surface area contributed by atoms with Crippen LogP contribution in [0.5, 0.6) is 0 Å². The standard InChI is InChI=1S/C55H34N4S/c1-4-17-35(18-5-1)38-33-34-56-49-41(38)25-14-26-42(49)43-27-15-31-47-50(43)60-51-44(54-58-52(36-19-6-2-7-20-36)57-53(59-54)37-21-8-3-9-22-37)28-16-32-48(51)55(47)45-29-12-10-23-39(45)40-24-11-13-30-46(40)55/h1-34H. The van der Waals surface area contributed by atoms with Gasteiger partial charge in [0.1, 0.15) is 0 Å². The molecule has 5 heteroatoms. The molecular formula is C55H34N4S. The number of para-hydroxylation sites is 1. The van der Waals surface area contributed by atoms with Gasteiger partial charge in [0.2, 0.25) is 0 Å². The highest BCUT2D eigenvalue weighted by atomic mass is 32.2. The molecule has 0 N–H and O–H groups in total. The van der Waals surface area contributed by atoms with E-state index in [0.29, 0.717) is 17.5 Å². The maximum absolute atomic E-state index is 5.28. The summed E-state index contributed by atoms with van der Waals surface area (Å²) in [6.45, 7) is 0. The van der Waals surface area contributed by atoms with Crippen LogP contribution in [0.1, 0.15) is 22.3 Å². The highest BCUT2D eigenvalue weighted by molar-refractivity contribution is 7.99. The first-order valence-electron chi connectivity index (χ1n) is 20.2. The van der Waals surface area contributed by atoms with E-state index in [1.54, 1.807) is 0 Å². The van der Waals surface area contributed by atoms with Crippen molar-refractivity contribution < 1.29 is 0 Å². The van der Waals surface area contributed by atoms with Crippen LogP contribution in [0, 0.1) is 0 Å². The number of hydrogen-bond donors (Lipinski definition) is 0. The lowest BCUT2D eigenvalue weighted by Gasteiger charge is -2.41. The second-order valence-electron chi connectivity index (χ2n) is 15.3. The lowest BCUT2D eigenvalue weighted by molar-refractivity contribution is 0.723. The molecule has 0 saturated carbocycles. The van der Waals surface area contributed by atoms with Crippen molar-refractivity contribution in [3.8, 4) is 67.5 Å². The predicted molar refractivity (Wildman–Crippen MR) is 244 cm³/mol. The zero-order valence-corrected chi connectivity index (χ0v) is 33.1. The van der Waals surface area contributed by atoms with Crippen LogP contribution in [-0.4, -0.2) is 19.9 Å². The molecule has 0 fully saturated rings. The molecule has 0 amide bonds. The van der Waals surface area contributed by atoms with E-state index < -0.39 is 5.41 Å². The van der Waals surface area contributed by atoms with E-state index in [9.17, 15) is 0 Å². The van der Waals surface area contributed by atoms with Crippen molar-refractivity contribution in [1.29, 1.82) is 0 Å². The largest absolute Gasteiger partial charge is 0.256 e. The van der Waals surface area contributed by atoms with E-state index in [-0.39, 0.29) is 0 Å². The summed E-state index contributed by atoms with van der Waals surface area (Å²) in [4.78, 5) is 23.0. The maximum atomic E-state index is 5.28. The second kappa shape index (κ2) is 13.8. The third-order valence-corrected chi connectivity index (χ3v) is 13.4. The van der Waals surface area contributed by atoms with Crippen molar-refractivity contribution in [3.63, 3.8) is 0 Å². The van der Waals surface area contributed by atoms with Crippen LogP contribution in [-0.2, 0) is 5.41 Å². The molecule has 12 rings (SSSR count). The first-order valence-corrected chi connectivity index (χ1v) is 21.0. The van der Waals surface area contributed by atoms with E-state index in [2.05, 4.69) is 164 Å². The third kappa shape index (κ3) is 5.19. The second-order valence-corrected chi connectivity index (χ2v) is 16.3. The fourth-order valence-corrected chi connectivity index (χ4v) is 11.0. The quantitative estimate of drug-likeness (QED) is 0.174. The minimum absolute atomic E-state index is 0.611. The number of benzene rings is 8. The zero-order valence-electron chi connectivity index (χ0n) is 32.3. The van der Waals surface area contributed by atoms with Crippen LogP contribution in [0.2, 0.25) is 0 Å². The molecule has 1 aliphatic carbocycles. The Labute approximate surface area is 352 Å². The highest BCUT2D eigenvalue weighted by Crippen LogP contribution is 2.64. The molecule has 60 heavy (non-hydrogen) atoms. The Morgan fingerprint density at radius 3 is 1.38 bits per heavy atom. The van der Waals surface area contributed by atoms with Gasteiger partial charge in [-0.05, 0) is 56.1 Å². The Morgan fingerprint density at radius 2 is 0.767 bits per heavy atom. The Balaban J connectivity index is 1.16. The van der Waals surface area contributed by atoms with Gasteiger partial charge in [0.15, 0.2) is 17.5 Å². The van der Waals surface area contributed by atoms with Gasteiger partial charge in [0.05, 0.1) is 10.9 Å². The van der Waals surface area contributed by atoms with E-state index in [0.717, 1.165) is 43.6 Å². The van der Waals surface area contributed by atoms with Gasteiger partial charge >= 0.3 is 0 Å². The molecule has 3 heterocycles. The van der Waals surface area contributed by atoms with Gasteiger partial charge in [-0.25, -0.2) is 15.0 Å². The Kier molecular flexibility index (Phi) is 7.97. The highest BCUT2D eigenvalue weighted by Gasteiger charge is 2.51. The van der Waals surface area contributed by atoms with Gasteiger partial charge in [0, 0.05) is 43.6 Å². The minimum atomic E-state index is -0.611. The molecule has 0 saturated heterocycles. The van der Waals surface area contributed by atoms with Crippen molar-refractivity contribution >= 4 is 22.7 Å². The molecule has 2 aromatic heterocycles. The van der Waals surface area contributed by atoms with Crippen LogP contribution >= 0.6 is 11.8 Å². The average Bonchev–Trinajstić information content (AvgIpc) is 3.62. The number of pyridine rings is 1. The summed E-state index contributed by atoms with van der Waals surface area (Å²) in [6, 6.07) is 71.2. The van der Waals surface area contributed by atoms with Crippen molar-refractivity contribution in [2.75, 3.05) is 0 Å². The van der Waals surface area contributed by atoms with Gasteiger partial charge in [-0.2, -0.15) is 0 Å². The first-order chi connectivity index (χ1) is 29.8. The molecule has 4 nitrogen and oxygen atoms in total. The van der Waals surface area contributed by atoms with E-state index >= 15 is 0 Å². The molecule has 0 unspecified atom stereocenters. The molecule has 10 aromatic rings. The number of aromatic nitrogens is 4. The van der Waals surface area contributed by atoms with Gasteiger partial charge < -0.3 is 0 Å². The van der Waals surface area contributed by atoms with Crippen molar-refractivity contribution in [1.82, 2.24) is 19.9 Å². The third-order valence-electron chi connectivity index (χ3n) is 12.1. The van der Waals surface area contributed by atoms with Gasteiger partial charge in [-0.3, -0.25) is 4.98 Å². The zero-order chi connectivity index (χ0) is 39.6. The lowest BCUT2D eigenvalue weighted by Crippen LogP contribution is -2.32. The van der Waals surface area contributed by atoms with Gasteiger partial charge in [-0.1, -0.05) is 206 Å². The predicted octanol–water partition coefficient (Wildman–Crippen LogP) is 13.6. The maximum Gasteiger partial charge on any atom is 0.165 e. The smallest absolute Gasteiger partial charge is 0.165 e.